The molecule has 1 aliphatic rings. The van der Waals surface area contributed by atoms with E-state index in [-0.39, 0.29) is 0 Å². The molecule has 0 fully saturated rings. The van der Waals surface area contributed by atoms with Crippen LogP contribution in [0, 0.1) is 0 Å². The van der Waals surface area contributed by atoms with Crippen LogP contribution in [0.5, 0.6) is 0 Å². The number of carbonyl (C=O) groups excluding carboxylic acids is 1. The first-order valence-corrected chi connectivity index (χ1v) is 10.4. The van der Waals surface area contributed by atoms with Crippen LogP contribution in [-0.2, 0) is 29.0 Å². The Kier molecular flexibility index (Phi) is 5.28. The maximum Gasteiger partial charge on any atom is 0.343 e. The van der Waals surface area contributed by atoms with Crippen LogP contribution in [0.15, 0.2) is 57.7 Å². The van der Waals surface area contributed by atoms with E-state index in [0.717, 1.165) is 11.3 Å². The number of hydrogen-bond acceptors (Lipinski definition) is 7. The van der Waals surface area contributed by atoms with Gasteiger partial charge in [-0.25, -0.2) is 14.3 Å². The molecule has 0 aliphatic carbocycles. The van der Waals surface area contributed by atoms with E-state index < -0.39 is 11.6 Å². The van der Waals surface area contributed by atoms with Gasteiger partial charge >= 0.3 is 11.6 Å². The molecule has 8 heteroatoms. The van der Waals surface area contributed by atoms with Crippen molar-refractivity contribution in [3.8, 4) is 11.3 Å². The molecular weight excluding hydrogens is 410 g/mol. The smallest absolute Gasteiger partial charge is 0.343 e. The van der Waals surface area contributed by atoms with Gasteiger partial charge in [0, 0.05) is 24.0 Å². The highest BCUT2D eigenvalue weighted by molar-refractivity contribution is 6.01. The summed E-state index contributed by atoms with van der Waals surface area (Å²) in [6, 6.07) is 14.8. The van der Waals surface area contributed by atoms with Crippen LogP contribution in [0.4, 0.5) is 0 Å². The van der Waals surface area contributed by atoms with Gasteiger partial charge < -0.3 is 13.9 Å². The third kappa shape index (κ3) is 3.58. The molecule has 0 unspecified atom stereocenters. The molecular formula is C24H21N3O5. The Morgan fingerprint density at radius 2 is 2.00 bits per heavy atom. The van der Waals surface area contributed by atoms with Crippen LogP contribution in [-0.4, -0.2) is 34.7 Å². The molecule has 2 aromatic heterocycles. The van der Waals surface area contributed by atoms with Crippen LogP contribution < -0.4 is 5.63 Å². The van der Waals surface area contributed by atoms with Crippen LogP contribution in [0.2, 0.25) is 0 Å². The van der Waals surface area contributed by atoms with Crippen LogP contribution >= 0.6 is 0 Å². The minimum Gasteiger partial charge on any atom is -0.465 e. The van der Waals surface area contributed by atoms with Gasteiger partial charge in [0.2, 0.25) is 0 Å². The summed E-state index contributed by atoms with van der Waals surface area (Å²) in [7, 11) is 1.33. The Morgan fingerprint density at radius 1 is 1.16 bits per heavy atom. The number of carbonyl (C=O) groups is 1. The van der Waals surface area contributed by atoms with Crippen molar-refractivity contribution in [1.82, 2.24) is 15.0 Å². The van der Waals surface area contributed by atoms with E-state index in [1.54, 1.807) is 22.9 Å². The summed E-state index contributed by atoms with van der Waals surface area (Å²) in [6.45, 7) is 1.29. The molecule has 4 aromatic rings. The zero-order chi connectivity index (χ0) is 22.1. The molecule has 8 nitrogen and oxygen atoms in total. The zero-order valence-corrected chi connectivity index (χ0v) is 17.5. The number of esters is 1. The van der Waals surface area contributed by atoms with E-state index in [9.17, 15) is 9.59 Å². The van der Waals surface area contributed by atoms with Crippen molar-refractivity contribution in [3.63, 3.8) is 0 Å². The quantitative estimate of drug-likeness (QED) is 0.459. The summed E-state index contributed by atoms with van der Waals surface area (Å²) in [5.74, 6) is 0.0595. The minimum atomic E-state index is -0.476. The Bertz CT molecular complexity index is 1360. The lowest BCUT2D eigenvalue weighted by atomic mass is 9.97. The molecule has 2 aromatic carbocycles. The number of rotatable bonds is 3. The van der Waals surface area contributed by atoms with Gasteiger partial charge in [0.05, 0.1) is 36.9 Å². The van der Waals surface area contributed by atoms with Crippen LogP contribution in [0.1, 0.15) is 33.8 Å². The third-order valence-corrected chi connectivity index (χ3v) is 5.57. The van der Waals surface area contributed by atoms with Crippen molar-refractivity contribution < 1.29 is 18.7 Å². The normalized spacial score (nSPS) is 13.5. The summed E-state index contributed by atoms with van der Waals surface area (Å²) in [5.41, 5.74) is 3.06. The molecule has 0 amide bonds. The van der Waals surface area contributed by atoms with Gasteiger partial charge in [-0.1, -0.05) is 35.5 Å². The van der Waals surface area contributed by atoms with E-state index in [1.807, 2.05) is 30.3 Å². The number of methoxy groups -OCH3 is 1. The molecule has 0 spiro atoms. The molecule has 1 aliphatic heterocycles. The minimum absolute atomic E-state index is 0.293. The van der Waals surface area contributed by atoms with E-state index in [4.69, 9.17) is 13.9 Å². The van der Waals surface area contributed by atoms with E-state index in [0.29, 0.717) is 66.0 Å². The molecule has 3 heterocycles. The average Bonchev–Trinajstić information content (AvgIpc) is 3.23. The molecule has 0 atom stereocenters. The fourth-order valence-corrected chi connectivity index (χ4v) is 4.07. The Labute approximate surface area is 183 Å². The molecule has 32 heavy (non-hydrogen) atoms. The summed E-state index contributed by atoms with van der Waals surface area (Å²) in [4.78, 5) is 25.0. The van der Waals surface area contributed by atoms with Crippen molar-refractivity contribution in [1.29, 1.82) is 0 Å². The highest BCUT2D eigenvalue weighted by Gasteiger charge is 2.25. The molecule has 0 radical (unpaired) electrons. The van der Waals surface area contributed by atoms with E-state index >= 15 is 0 Å². The largest absolute Gasteiger partial charge is 0.465 e. The number of benzene rings is 2. The monoisotopic (exact) mass is 431 g/mol. The zero-order valence-electron chi connectivity index (χ0n) is 17.5. The lowest BCUT2D eigenvalue weighted by Crippen LogP contribution is -2.11. The second-order valence-corrected chi connectivity index (χ2v) is 7.62. The first-order chi connectivity index (χ1) is 15.7. The van der Waals surface area contributed by atoms with E-state index in [1.165, 1.54) is 7.11 Å². The number of hydrogen-bond donors (Lipinski definition) is 0. The number of ether oxygens (including phenoxy) is 2. The van der Waals surface area contributed by atoms with E-state index in [2.05, 4.69) is 10.3 Å². The van der Waals surface area contributed by atoms with Gasteiger partial charge in [-0.05, 0) is 30.2 Å². The van der Waals surface area contributed by atoms with Crippen molar-refractivity contribution in [2.45, 2.75) is 26.0 Å². The summed E-state index contributed by atoms with van der Waals surface area (Å²) < 4.78 is 18.2. The second kappa shape index (κ2) is 8.39. The lowest BCUT2D eigenvalue weighted by Gasteiger charge is -2.14. The van der Waals surface area contributed by atoms with Crippen molar-refractivity contribution >= 4 is 16.7 Å². The first kappa shape index (κ1) is 20.1. The number of nitrogens with zero attached hydrogens (tertiary/aromatic N) is 3. The number of fused-ring (bicyclic) bond motifs is 5. The predicted octanol–water partition coefficient (Wildman–Crippen LogP) is 3.35. The molecule has 0 N–H and O–H groups in total. The highest BCUT2D eigenvalue weighted by atomic mass is 16.5. The van der Waals surface area contributed by atoms with Crippen LogP contribution in [0.3, 0.4) is 0 Å². The first-order valence-electron chi connectivity index (χ1n) is 10.4. The number of aryl methyl sites for hydroxylation is 1. The SMILES string of the molecule is COC(=O)c1ccc2c(=O)oc3c(c2c1)-c1c(nnn1Cc1ccccc1)COCCC3. The van der Waals surface area contributed by atoms with Gasteiger partial charge in [0.25, 0.3) is 0 Å². The van der Waals surface area contributed by atoms with Crippen LogP contribution in [0.25, 0.3) is 22.0 Å². The molecule has 0 saturated carbocycles. The third-order valence-electron chi connectivity index (χ3n) is 5.57. The summed E-state index contributed by atoms with van der Waals surface area (Å²) >= 11 is 0. The standard InChI is InChI=1S/C24H21N3O5/c1-30-23(28)16-9-10-17-18(12-16)21-20(32-24(17)29)8-5-11-31-14-19-22(21)27(26-25-19)13-15-6-3-2-4-7-15/h2-4,6-7,9-10,12H,5,8,11,13-14H2,1H3. The molecule has 0 bridgehead atoms. The highest BCUT2D eigenvalue weighted by Crippen LogP contribution is 2.35. The number of aromatic nitrogens is 3. The van der Waals surface area contributed by atoms with Crippen molar-refractivity contribution in [2.75, 3.05) is 13.7 Å². The topological polar surface area (TPSA) is 96.5 Å². The fourth-order valence-electron chi connectivity index (χ4n) is 4.07. The molecule has 0 saturated heterocycles. The average molecular weight is 431 g/mol. The Morgan fingerprint density at radius 3 is 2.81 bits per heavy atom. The fraction of sp³-hybridized carbons (Fsp3) is 0.250. The van der Waals surface area contributed by atoms with Gasteiger partial charge in [0.1, 0.15) is 11.5 Å². The van der Waals surface area contributed by atoms with Crippen molar-refractivity contribution in [3.05, 3.63) is 81.5 Å². The predicted molar refractivity (Wildman–Crippen MR) is 116 cm³/mol. The Hall–Kier alpha value is -3.78. The van der Waals surface area contributed by atoms with Crippen molar-refractivity contribution in [2.24, 2.45) is 0 Å². The lowest BCUT2D eigenvalue weighted by molar-refractivity contribution is 0.0601. The van der Waals surface area contributed by atoms with Gasteiger partial charge in [-0.3, -0.25) is 0 Å². The summed E-state index contributed by atoms with van der Waals surface area (Å²) in [5, 5.41) is 9.75. The second-order valence-electron chi connectivity index (χ2n) is 7.62. The maximum absolute atomic E-state index is 12.8. The Balaban J connectivity index is 1.80. The molecule has 162 valence electrons. The summed E-state index contributed by atoms with van der Waals surface area (Å²) in [6.07, 6.45) is 1.20. The van der Waals surface area contributed by atoms with Gasteiger partial charge in [-0.2, -0.15) is 0 Å². The molecule has 5 rings (SSSR count). The van der Waals surface area contributed by atoms with Gasteiger partial charge in [-0.15, -0.1) is 5.10 Å². The van der Waals surface area contributed by atoms with Gasteiger partial charge in [0.15, 0.2) is 0 Å². The maximum atomic E-state index is 12.8.